The van der Waals surface area contributed by atoms with Gasteiger partial charge in [-0.3, -0.25) is 0 Å². The molecule has 0 unspecified atom stereocenters. The number of unbranched alkanes of at least 4 members (excludes halogenated alkanes) is 8. The number of aliphatic hydroxyl groups is 1. The van der Waals surface area contributed by atoms with E-state index >= 15 is 0 Å². The highest BCUT2D eigenvalue weighted by Crippen LogP contribution is 2.08. The maximum atomic E-state index is 8.77. The first-order valence-electron chi connectivity index (χ1n) is 8.52. The molecule has 1 aromatic heterocycles. The summed E-state index contributed by atoms with van der Waals surface area (Å²) in [4.78, 5) is 0. The van der Waals surface area contributed by atoms with Crippen molar-refractivity contribution in [2.75, 3.05) is 6.61 Å². The second kappa shape index (κ2) is 12.0. The van der Waals surface area contributed by atoms with E-state index < -0.39 is 0 Å². The highest BCUT2D eigenvalue weighted by molar-refractivity contribution is 4.66. The van der Waals surface area contributed by atoms with E-state index in [2.05, 4.69) is 34.8 Å². The van der Waals surface area contributed by atoms with Gasteiger partial charge in [-0.1, -0.05) is 45.4 Å². The Morgan fingerprint density at radius 1 is 0.900 bits per heavy atom. The Labute approximate surface area is 124 Å². The lowest BCUT2D eigenvalue weighted by Crippen LogP contribution is -2.30. The molecule has 116 valence electrons. The summed E-state index contributed by atoms with van der Waals surface area (Å²) in [6, 6.07) is 0. The molecule has 0 saturated carbocycles. The molecule has 0 aromatic carbocycles. The van der Waals surface area contributed by atoms with E-state index in [1.54, 1.807) is 0 Å². The first-order chi connectivity index (χ1) is 9.86. The van der Waals surface area contributed by atoms with Crippen LogP contribution in [0.5, 0.6) is 0 Å². The van der Waals surface area contributed by atoms with Crippen molar-refractivity contribution in [1.29, 1.82) is 0 Å². The van der Waals surface area contributed by atoms with Crippen LogP contribution in [0, 0.1) is 0 Å². The fourth-order valence-electron chi connectivity index (χ4n) is 2.54. The minimum Gasteiger partial charge on any atom is -0.396 e. The summed E-state index contributed by atoms with van der Waals surface area (Å²) in [6.45, 7) is 4.74. The molecule has 0 aliphatic carbocycles. The monoisotopic (exact) mass is 281 g/mol. The maximum Gasteiger partial charge on any atom is 0.243 e. The van der Waals surface area contributed by atoms with Gasteiger partial charge >= 0.3 is 0 Å². The van der Waals surface area contributed by atoms with Crippen LogP contribution in [0.3, 0.4) is 0 Å². The van der Waals surface area contributed by atoms with Crippen LogP contribution in [0.1, 0.15) is 71.1 Å². The third-order valence-corrected chi connectivity index (χ3v) is 3.84. The summed E-state index contributed by atoms with van der Waals surface area (Å²) in [5.41, 5.74) is 0. The Kier molecular flexibility index (Phi) is 10.3. The highest BCUT2D eigenvalue weighted by Gasteiger charge is 2.03. The topological polar surface area (TPSA) is 29.0 Å². The van der Waals surface area contributed by atoms with E-state index in [-0.39, 0.29) is 0 Å². The Hall–Kier alpha value is -0.830. The van der Waals surface area contributed by atoms with Gasteiger partial charge in [-0.25, -0.2) is 9.13 Å². The third-order valence-electron chi connectivity index (χ3n) is 3.84. The first kappa shape index (κ1) is 17.2. The molecule has 0 aliphatic rings. The summed E-state index contributed by atoms with van der Waals surface area (Å²) >= 11 is 0. The van der Waals surface area contributed by atoms with Crippen molar-refractivity contribution in [2.45, 2.75) is 84.2 Å². The number of aromatic nitrogens is 2. The van der Waals surface area contributed by atoms with Crippen LogP contribution in [0.4, 0.5) is 0 Å². The molecule has 0 aliphatic heterocycles. The molecule has 1 heterocycles. The number of imidazole rings is 1. The third kappa shape index (κ3) is 8.36. The van der Waals surface area contributed by atoms with Gasteiger partial charge in [-0.2, -0.15) is 0 Å². The Morgan fingerprint density at radius 2 is 1.60 bits per heavy atom. The summed E-state index contributed by atoms with van der Waals surface area (Å²) in [5.74, 6) is 0. The smallest absolute Gasteiger partial charge is 0.243 e. The summed E-state index contributed by atoms with van der Waals surface area (Å²) in [6.07, 6.45) is 19.5. The molecular weight excluding hydrogens is 248 g/mol. The van der Waals surface area contributed by atoms with Gasteiger partial charge in [-0.05, 0) is 25.7 Å². The summed E-state index contributed by atoms with van der Waals surface area (Å²) < 4.78 is 4.51. The van der Waals surface area contributed by atoms with Crippen LogP contribution in [0.25, 0.3) is 0 Å². The summed E-state index contributed by atoms with van der Waals surface area (Å²) in [5, 5.41) is 8.77. The Morgan fingerprint density at radius 3 is 2.30 bits per heavy atom. The summed E-state index contributed by atoms with van der Waals surface area (Å²) in [7, 11) is 0. The quantitative estimate of drug-likeness (QED) is 0.433. The van der Waals surface area contributed by atoms with Gasteiger partial charge in [0.25, 0.3) is 0 Å². The van der Waals surface area contributed by atoms with Gasteiger partial charge < -0.3 is 5.11 Å². The van der Waals surface area contributed by atoms with Crippen molar-refractivity contribution in [1.82, 2.24) is 4.57 Å². The van der Waals surface area contributed by atoms with Crippen LogP contribution >= 0.6 is 0 Å². The van der Waals surface area contributed by atoms with Gasteiger partial charge in [-0.15, -0.1) is 0 Å². The molecule has 0 amide bonds. The van der Waals surface area contributed by atoms with Crippen LogP contribution in [0.15, 0.2) is 18.7 Å². The minimum atomic E-state index is 0.305. The fourth-order valence-corrected chi connectivity index (χ4v) is 2.54. The predicted molar refractivity (Wildman–Crippen MR) is 83.6 cm³/mol. The maximum absolute atomic E-state index is 8.77. The Bertz CT molecular complexity index is 323. The number of aliphatic hydroxyl groups excluding tert-OH is 1. The number of rotatable bonds is 13. The lowest BCUT2D eigenvalue weighted by molar-refractivity contribution is -0.696. The lowest BCUT2D eigenvalue weighted by atomic mass is 10.1. The molecule has 0 bridgehead atoms. The number of hydrogen-bond donors (Lipinski definition) is 1. The van der Waals surface area contributed by atoms with E-state index in [0.29, 0.717) is 6.61 Å². The second-order valence-electron chi connectivity index (χ2n) is 5.79. The standard InChI is InChI=1S/C17H33N2O/c1-2-3-4-5-6-7-8-9-12-18-14-15-19(17-18)13-10-11-16-20/h14-15,17,20H,2-13,16H2,1H3/q+1. The molecule has 0 radical (unpaired) electrons. The van der Waals surface area contributed by atoms with E-state index in [9.17, 15) is 0 Å². The average molecular weight is 281 g/mol. The predicted octanol–water partition coefficient (Wildman–Crippen LogP) is 3.69. The van der Waals surface area contributed by atoms with Crippen molar-refractivity contribution < 1.29 is 9.67 Å². The lowest BCUT2D eigenvalue weighted by Gasteiger charge is -2.00. The molecular formula is C17H33N2O+. The van der Waals surface area contributed by atoms with E-state index in [4.69, 9.17) is 5.11 Å². The molecule has 0 saturated heterocycles. The number of aryl methyl sites for hydroxylation is 2. The van der Waals surface area contributed by atoms with E-state index in [1.165, 1.54) is 51.4 Å². The molecule has 0 atom stereocenters. The SMILES string of the molecule is CCCCCCCCCC[n+]1ccn(CCCCO)c1. The molecule has 0 spiro atoms. The average Bonchev–Trinajstić information content (AvgIpc) is 2.90. The normalized spacial score (nSPS) is 11.1. The molecule has 1 rings (SSSR count). The molecule has 20 heavy (non-hydrogen) atoms. The number of nitrogens with zero attached hydrogens (tertiary/aromatic N) is 2. The largest absolute Gasteiger partial charge is 0.396 e. The zero-order valence-corrected chi connectivity index (χ0v) is 13.3. The van der Waals surface area contributed by atoms with Gasteiger partial charge in [0.15, 0.2) is 0 Å². The van der Waals surface area contributed by atoms with Crippen molar-refractivity contribution in [2.24, 2.45) is 0 Å². The van der Waals surface area contributed by atoms with Crippen molar-refractivity contribution in [3.8, 4) is 0 Å². The molecule has 1 aromatic rings. The van der Waals surface area contributed by atoms with Crippen molar-refractivity contribution in [3.63, 3.8) is 0 Å². The minimum absolute atomic E-state index is 0.305. The van der Waals surface area contributed by atoms with Crippen molar-refractivity contribution in [3.05, 3.63) is 18.7 Å². The van der Waals surface area contributed by atoms with Crippen LogP contribution < -0.4 is 4.57 Å². The first-order valence-corrected chi connectivity index (χ1v) is 8.52. The molecule has 0 fully saturated rings. The molecule has 1 N–H and O–H groups in total. The van der Waals surface area contributed by atoms with E-state index in [1.807, 2.05) is 0 Å². The van der Waals surface area contributed by atoms with Gasteiger partial charge in [0, 0.05) is 6.61 Å². The van der Waals surface area contributed by atoms with Crippen LogP contribution in [-0.4, -0.2) is 16.3 Å². The number of hydrogen-bond acceptors (Lipinski definition) is 1. The van der Waals surface area contributed by atoms with Crippen molar-refractivity contribution >= 4 is 0 Å². The molecule has 3 nitrogen and oxygen atoms in total. The zero-order chi connectivity index (χ0) is 14.5. The van der Waals surface area contributed by atoms with Gasteiger partial charge in [0.2, 0.25) is 6.33 Å². The fraction of sp³-hybridized carbons (Fsp3) is 0.824. The second-order valence-corrected chi connectivity index (χ2v) is 5.79. The Balaban J connectivity index is 1.99. The van der Waals surface area contributed by atoms with E-state index in [0.717, 1.165) is 25.9 Å². The van der Waals surface area contributed by atoms with Crippen LogP contribution in [-0.2, 0) is 13.1 Å². The molecule has 3 heteroatoms. The van der Waals surface area contributed by atoms with Gasteiger partial charge in [0.1, 0.15) is 12.4 Å². The van der Waals surface area contributed by atoms with Gasteiger partial charge in [0.05, 0.1) is 13.1 Å². The van der Waals surface area contributed by atoms with Crippen LogP contribution in [0.2, 0.25) is 0 Å². The zero-order valence-electron chi connectivity index (χ0n) is 13.3. The highest BCUT2D eigenvalue weighted by atomic mass is 16.2.